The fraction of sp³-hybridized carbons (Fsp3) is 0.100. The predicted molar refractivity (Wildman–Crippen MR) is 59.0 cm³/mol. The number of halogens is 3. The summed E-state index contributed by atoms with van der Waals surface area (Å²) < 4.78 is 13.6. The molecule has 0 aliphatic rings. The van der Waals surface area contributed by atoms with E-state index in [1.54, 1.807) is 6.92 Å². The Hall–Kier alpha value is -1.44. The number of benzene rings is 1. The summed E-state index contributed by atoms with van der Waals surface area (Å²) in [6, 6.07) is 2.99. The molecule has 16 heavy (non-hydrogen) atoms. The largest absolute Gasteiger partial charge is 0.224 e. The minimum atomic E-state index is -0.636. The van der Waals surface area contributed by atoms with E-state index in [1.807, 2.05) is 6.07 Å². The summed E-state index contributed by atoms with van der Waals surface area (Å²) in [6.45, 7) is 1.66. The second kappa shape index (κ2) is 3.85. The van der Waals surface area contributed by atoms with E-state index in [2.05, 4.69) is 9.97 Å². The van der Waals surface area contributed by atoms with Crippen molar-refractivity contribution in [2.24, 2.45) is 0 Å². The zero-order valence-corrected chi connectivity index (χ0v) is 9.56. The lowest BCUT2D eigenvalue weighted by Crippen LogP contribution is -1.95. The van der Waals surface area contributed by atoms with Crippen LogP contribution in [0.1, 0.15) is 11.1 Å². The van der Waals surface area contributed by atoms with Gasteiger partial charge in [-0.2, -0.15) is 5.26 Å². The molecule has 2 aromatic rings. The Labute approximate surface area is 100 Å². The van der Waals surface area contributed by atoms with Crippen LogP contribution in [0, 0.1) is 24.1 Å². The van der Waals surface area contributed by atoms with Crippen LogP contribution in [-0.2, 0) is 0 Å². The van der Waals surface area contributed by atoms with Gasteiger partial charge in [-0.05, 0) is 30.2 Å². The molecule has 0 bridgehead atoms. The van der Waals surface area contributed by atoms with Crippen LogP contribution in [0.5, 0.6) is 0 Å². The van der Waals surface area contributed by atoms with Crippen LogP contribution in [0.3, 0.4) is 0 Å². The summed E-state index contributed by atoms with van der Waals surface area (Å²) in [5.74, 6) is -0.636. The molecule has 0 N–H and O–H groups in total. The molecule has 0 aliphatic heterocycles. The lowest BCUT2D eigenvalue weighted by atomic mass is 10.0. The minimum absolute atomic E-state index is 0.0292. The molecule has 0 radical (unpaired) electrons. The van der Waals surface area contributed by atoms with Gasteiger partial charge >= 0.3 is 0 Å². The summed E-state index contributed by atoms with van der Waals surface area (Å²) in [7, 11) is 0. The highest BCUT2D eigenvalue weighted by Gasteiger charge is 2.15. The van der Waals surface area contributed by atoms with Gasteiger partial charge in [-0.25, -0.2) is 14.4 Å². The third kappa shape index (κ3) is 1.58. The number of aromatic nitrogens is 2. The number of aryl methyl sites for hydroxylation is 1. The molecule has 0 atom stereocenters. The highest BCUT2D eigenvalue weighted by atomic mass is 35.5. The molecule has 0 saturated carbocycles. The van der Waals surface area contributed by atoms with E-state index in [4.69, 9.17) is 28.5 Å². The number of rotatable bonds is 0. The van der Waals surface area contributed by atoms with Crippen LogP contribution < -0.4 is 0 Å². The molecule has 1 aromatic carbocycles. The van der Waals surface area contributed by atoms with E-state index in [0.717, 1.165) is 6.07 Å². The van der Waals surface area contributed by atoms with Gasteiger partial charge in [0.15, 0.2) is 5.82 Å². The van der Waals surface area contributed by atoms with Crippen molar-refractivity contribution in [3.63, 3.8) is 0 Å². The fourth-order valence-electron chi connectivity index (χ4n) is 1.47. The van der Waals surface area contributed by atoms with Gasteiger partial charge in [-0.1, -0.05) is 11.6 Å². The highest BCUT2D eigenvalue weighted by molar-refractivity contribution is 6.36. The van der Waals surface area contributed by atoms with Crippen LogP contribution >= 0.6 is 23.2 Å². The Morgan fingerprint density at radius 3 is 2.69 bits per heavy atom. The van der Waals surface area contributed by atoms with Gasteiger partial charge in [-0.15, -0.1) is 0 Å². The van der Waals surface area contributed by atoms with Gasteiger partial charge in [0, 0.05) is 5.39 Å². The highest BCUT2D eigenvalue weighted by Crippen LogP contribution is 2.29. The SMILES string of the molecule is Cc1c(C#N)cc(F)c2nc(Cl)nc(Cl)c12. The van der Waals surface area contributed by atoms with Gasteiger partial charge < -0.3 is 0 Å². The van der Waals surface area contributed by atoms with E-state index >= 15 is 0 Å². The standard InChI is InChI=1S/C10H4Cl2FN3/c1-4-5(3-14)2-6(13)8-7(4)9(11)16-10(12)15-8/h2H,1H3. The summed E-state index contributed by atoms with van der Waals surface area (Å²) in [6.07, 6.45) is 0. The van der Waals surface area contributed by atoms with Gasteiger partial charge in [0.05, 0.1) is 11.6 Å². The average molecular weight is 256 g/mol. The number of hydrogen-bond acceptors (Lipinski definition) is 3. The monoisotopic (exact) mass is 255 g/mol. The average Bonchev–Trinajstić information content (AvgIpc) is 2.22. The molecule has 6 heteroatoms. The topological polar surface area (TPSA) is 49.6 Å². The van der Waals surface area contributed by atoms with Crippen molar-refractivity contribution in [3.8, 4) is 6.07 Å². The molecule has 1 heterocycles. The van der Waals surface area contributed by atoms with Crippen LogP contribution in [0.2, 0.25) is 10.4 Å². The maximum atomic E-state index is 13.6. The van der Waals surface area contributed by atoms with Crippen LogP contribution in [0.4, 0.5) is 4.39 Å². The molecular weight excluding hydrogens is 252 g/mol. The zero-order valence-electron chi connectivity index (χ0n) is 8.05. The molecule has 1 aromatic heterocycles. The van der Waals surface area contributed by atoms with Crippen molar-refractivity contribution in [2.45, 2.75) is 6.92 Å². The van der Waals surface area contributed by atoms with E-state index in [-0.39, 0.29) is 21.5 Å². The fourth-order valence-corrected chi connectivity index (χ4v) is 1.99. The van der Waals surface area contributed by atoms with E-state index in [1.165, 1.54) is 0 Å². The third-order valence-electron chi connectivity index (χ3n) is 2.23. The first-order valence-electron chi connectivity index (χ1n) is 4.26. The molecule has 2 rings (SSSR count). The number of hydrogen-bond donors (Lipinski definition) is 0. The summed E-state index contributed by atoms with van der Waals surface area (Å²) in [4.78, 5) is 7.48. The third-order valence-corrected chi connectivity index (χ3v) is 2.68. The van der Waals surface area contributed by atoms with E-state index < -0.39 is 5.82 Å². The molecule has 0 saturated heterocycles. The lowest BCUT2D eigenvalue weighted by Gasteiger charge is -2.06. The van der Waals surface area contributed by atoms with Crippen LogP contribution in [-0.4, -0.2) is 9.97 Å². The Bertz CT molecular complexity index is 634. The molecule has 0 fully saturated rings. The molecule has 0 amide bonds. The first-order chi connectivity index (χ1) is 7.54. The predicted octanol–water partition coefficient (Wildman–Crippen LogP) is 3.26. The summed E-state index contributed by atoms with van der Waals surface area (Å²) >= 11 is 11.4. The first kappa shape index (κ1) is 11.1. The smallest absolute Gasteiger partial charge is 0.215 e. The van der Waals surface area contributed by atoms with E-state index in [0.29, 0.717) is 10.9 Å². The van der Waals surface area contributed by atoms with Gasteiger partial charge in [0.25, 0.3) is 0 Å². The van der Waals surface area contributed by atoms with Gasteiger partial charge in [0.1, 0.15) is 10.7 Å². The second-order valence-electron chi connectivity index (χ2n) is 3.15. The Kier molecular flexibility index (Phi) is 2.66. The van der Waals surface area contributed by atoms with Crippen molar-refractivity contribution in [1.29, 1.82) is 5.26 Å². The van der Waals surface area contributed by atoms with Crippen LogP contribution in [0.15, 0.2) is 6.07 Å². The summed E-state index contributed by atoms with van der Waals surface area (Å²) in [5.41, 5.74) is 0.778. The van der Waals surface area contributed by atoms with Crippen molar-refractivity contribution in [1.82, 2.24) is 9.97 Å². The van der Waals surface area contributed by atoms with Crippen molar-refractivity contribution in [3.05, 3.63) is 33.4 Å². The lowest BCUT2D eigenvalue weighted by molar-refractivity contribution is 0.635. The molecular formula is C10H4Cl2FN3. The van der Waals surface area contributed by atoms with Crippen LogP contribution in [0.25, 0.3) is 10.9 Å². The normalized spacial score (nSPS) is 10.4. The maximum Gasteiger partial charge on any atom is 0.224 e. The Morgan fingerprint density at radius 2 is 2.06 bits per heavy atom. The molecule has 80 valence electrons. The molecule has 3 nitrogen and oxygen atoms in total. The number of nitrogens with zero attached hydrogens (tertiary/aromatic N) is 3. The molecule has 0 unspecified atom stereocenters. The summed E-state index contributed by atoms with van der Waals surface area (Å²) in [5, 5.41) is 9.06. The minimum Gasteiger partial charge on any atom is -0.215 e. The first-order valence-corrected chi connectivity index (χ1v) is 5.02. The quantitative estimate of drug-likeness (QED) is 0.537. The molecule has 0 aliphatic carbocycles. The molecule has 0 spiro atoms. The van der Waals surface area contributed by atoms with Crippen molar-refractivity contribution < 1.29 is 4.39 Å². The number of fused-ring (bicyclic) bond motifs is 1. The zero-order chi connectivity index (χ0) is 11.9. The maximum absolute atomic E-state index is 13.6. The Balaban J connectivity index is 3.03. The Morgan fingerprint density at radius 1 is 1.38 bits per heavy atom. The number of nitriles is 1. The van der Waals surface area contributed by atoms with Crippen molar-refractivity contribution in [2.75, 3.05) is 0 Å². The second-order valence-corrected chi connectivity index (χ2v) is 3.85. The van der Waals surface area contributed by atoms with Crippen molar-refractivity contribution >= 4 is 34.1 Å². The van der Waals surface area contributed by atoms with Gasteiger partial charge in [0.2, 0.25) is 5.28 Å². The van der Waals surface area contributed by atoms with E-state index in [9.17, 15) is 4.39 Å². The van der Waals surface area contributed by atoms with Gasteiger partial charge in [-0.3, -0.25) is 0 Å².